The Morgan fingerprint density at radius 3 is 1.86 bits per heavy atom. The Bertz CT molecular complexity index is 682. The van der Waals surface area contributed by atoms with Crippen LogP contribution in [0.3, 0.4) is 0 Å². The average Bonchev–Trinajstić information content (AvgIpc) is 2.73. The maximum Gasteiger partial charge on any atom is 0.132 e. The molecule has 0 amide bonds. The van der Waals surface area contributed by atoms with Crippen molar-refractivity contribution in [1.82, 2.24) is 0 Å². The quantitative estimate of drug-likeness (QED) is 0.609. The Morgan fingerprint density at radius 1 is 0.821 bits per heavy atom. The molecule has 1 saturated heterocycles. The first-order valence-electron chi connectivity index (χ1n) is 9.83. The van der Waals surface area contributed by atoms with Gasteiger partial charge in [-0.05, 0) is 23.8 Å². The normalized spacial score (nSPS) is 27.6. The van der Waals surface area contributed by atoms with Crippen molar-refractivity contribution in [2.45, 2.75) is 56.9 Å². The zero-order valence-corrected chi connectivity index (χ0v) is 17.6. The van der Waals surface area contributed by atoms with Crippen molar-refractivity contribution in [1.29, 1.82) is 0 Å². The SMILES string of the molecule is CCS[C@@H]1OC(C)[C@H](OCc2ccccc2)C(OCc2ccccc2)C1OC. The standard InChI is InChI=1S/C23H30O4S/c1-4-28-23-22(24-3)21(26-16-19-13-9-6-10-14-19)20(17(2)27-23)25-15-18-11-7-5-8-12-18/h5-14,17,20-23H,4,15-16H2,1-3H3/t17?,20-,21?,22?,23-/m0/s1. The van der Waals surface area contributed by atoms with E-state index in [1.54, 1.807) is 18.9 Å². The lowest BCUT2D eigenvalue weighted by Gasteiger charge is -2.44. The molecule has 5 atom stereocenters. The van der Waals surface area contributed by atoms with E-state index in [2.05, 4.69) is 38.1 Å². The Morgan fingerprint density at radius 2 is 1.36 bits per heavy atom. The van der Waals surface area contributed by atoms with Gasteiger partial charge in [-0.3, -0.25) is 0 Å². The summed E-state index contributed by atoms with van der Waals surface area (Å²) < 4.78 is 24.8. The molecule has 0 aliphatic carbocycles. The maximum atomic E-state index is 6.38. The van der Waals surface area contributed by atoms with E-state index in [9.17, 15) is 0 Å². The van der Waals surface area contributed by atoms with Crippen molar-refractivity contribution < 1.29 is 18.9 Å². The lowest BCUT2D eigenvalue weighted by Crippen LogP contribution is -2.58. The summed E-state index contributed by atoms with van der Waals surface area (Å²) in [5.74, 6) is 0.957. The van der Waals surface area contributed by atoms with Crippen LogP contribution in [0.5, 0.6) is 0 Å². The molecule has 0 spiro atoms. The molecule has 1 fully saturated rings. The minimum absolute atomic E-state index is 0.0673. The summed E-state index contributed by atoms with van der Waals surface area (Å²) in [4.78, 5) is 0. The number of benzene rings is 2. The van der Waals surface area contributed by atoms with Crippen LogP contribution in [0.4, 0.5) is 0 Å². The molecule has 3 rings (SSSR count). The van der Waals surface area contributed by atoms with Crippen LogP contribution < -0.4 is 0 Å². The van der Waals surface area contributed by atoms with E-state index in [1.807, 2.05) is 36.4 Å². The summed E-state index contributed by atoms with van der Waals surface area (Å²) in [7, 11) is 1.72. The van der Waals surface area contributed by atoms with E-state index >= 15 is 0 Å². The van der Waals surface area contributed by atoms with Crippen molar-refractivity contribution in [3.63, 3.8) is 0 Å². The van der Waals surface area contributed by atoms with Crippen LogP contribution >= 0.6 is 11.8 Å². The highest BCUT2D eigenvalue weighted by atomic mass is 32.2. The zero-order valence-electron chi connectivity index (χ0n) is 16.8. The molecule has 28 heavy (non-hydrogen) atoms. The van der Waals surface area contributed by atoms with Crippen molar-refractivity contribution in [3.8, 4) is 0 Å². The molecule has 2 aromatic carbocycles. The second-order valence-electron chi connectivity index (χ2n) is 6.89. The van der Waals surface area contributed by atoms with Gasteiger partial charge in [0.2, 0.25) is 0 Å². The Labute approximate surface area is 172 Å². The van der Waals surface area contributed by atoms with Gasteiger partial charge >= 0.3 is 0 Å². The number of hydrogen-bond acceptors (Lipinski definition) is 5. The number of rotatable bonds is 9. The number of thioether (sulfide) groups is 1. The van der Waals surface area contributed by atoms with Gasteiger partial charge in [-0.15, -0.1) is 11.8 Å². The molecule has 1 aliphatic heterocycles. The van der Waals surface area contributed by atoms with Crippen molar-refractivity contribution in [2.24, 2.45) is 0 Å². The summed E-state index contributed by atoms with van der Waals surface area (Å²) in [6, 6.07) is 20.4. The fourth-order valence-electron chi connectivity index (χ4n) is 3.47. The van der Waals surface area contributed by atoms with Gasteiger partial charge in [0.25, 0.3) is 0 Å². The van der Waals surface area contributed by atoms with E-state index in [-0.39, 0.29) is 29.9 Å². The number of methoxy groups -OCH3 is 1. The molecular formula is C23H30O4S. The Balaban J connectivity index is 1.74. The third-order valence-corrected chi connectivity index (χ3v) is 5.94. The molecule has 4 nitrogen and oxygen atoms in total. The van der Waals surface area contributed by atoms with E-state index in [0.29, 0.717) is 13.2 Å². The summed E-state index contributed by atoms with van der Waals surface area (Å²) in [6.07, 6.45) is -0.685. The molecule has 5 heteroatoms. The predicted octanol–water partition coefficient (Wildman–Crippen LogP) is 4.67. The van der Waals surface area contributed by atoms with Crippen molar-refractivity contribution >= 4 is 11.8 Å². The van der Waals surface area contributed by atoms with Crippen LogP contribution in [-0.4, -0.2) is 42.7 Å². The summed E-state index contributed by atoms with van der Waals surface area (Å²) >= 11 is 1.75. The topological polar surface area (TPSA) is 36.9 Å². The van der Waals surface area contributed by atoms with E-state index in [4.69, 9.17) is 18.9 Å². The van der Waals surface area contributed by atoms with Crippen LogP contribution in [0.25, 0.3) is 0 Å². The lowest BCUT2D eigenvalue weighted by atomic mass is 10.00. The third-order valence-electron chi connectivity index (χ3n) is 4.90. The Hall–Kier alpha value is -1.37. The molecule has 0 radical (unpaired) electrons. The first-order chi connectivity index (χ1) is 13.7. The highest BCUT2D eigenvalue weighted by Gasteiger charge is 2.46. The molecular weight excluding hydrogens is 372 g/mol. The molecule has 2 aromatic rings. The summed E-state index contributed by atoms with van der Waals surface area (Å²) in [6.45, 7) is 5.23. The molecule has 1 heterocycles. The third kappa shape index (κ3) is 5.58. The molecule has 1 aliphatic rings. The van der Waals surface area contributed by atoms with Crippen molar-refractivity contribution in [3.05, 3.63) is 71.8 Å². The van der Waals surface area contributed by atoms with E-state index in [1.165, 1.54) is 0 Å². The second-order valence-corrected chi connectivity index (χ2v) is 8.26. The monoisotopic (exact) mass is 402 g/mol. The Kier molecular flexibility index (Phi) is 8.37. The van der Waals surface area contributed by atoms with Crippen LogP contribution in [0.15, 0.2) is 60.7 Å². The first kappa shape index (κ1) is 21.3. The first-order valence-corrected chi connectivity index (χ1v) is 10.9. The molecule has 3 unspecified atom stereocenters. The lowest BCUT2D eigenvalue weighted by molar-refractivity contribution is -0.235. The van der Waals surface area contributed by atoms with Crippen LogP contribution in [-0.2, 0) is 32.2 Å². The second kappa shape index (κ2) is 11.0. The summed E-state index contributed by atoms with van der Waals surface area (Å²) in [5, 5.41) is 0. The van der Waals surface area contributed by atoms with Crippen LogP contribution in [0.2, 0.25) is 0 Å². The van der Waals surface area contributed by atoms with Gasteiger partial charge in [0, 0.05) is 7.11 Å². The molecule has 0 aromatic heterocycles. The summed E-state index contributed by atoms with van der Waals surface area (Å²) in [5.41, 5.74) is 2.20. The van der Waals surface area contributed by atoms with Crippen LogP contribution in [0.1, 0.15) is 25.0 Å². The van der Waals surface area contributed by atoms with Gasteiger partial charge in [-0.2, -0.15) is 0 Å². The maximum absolute atomic E-state index is 6.38. The van der Waals surface area contributed by atoms with Gasteiger partial charge in [0.15, 0.2) is 0 Å². The van der Waals surface area contributed by atoms with Gasteiger partial charge in [-0.25, -0.2) is 0 Å². The average molecular weight is 403 g/mol. The highest BCUT2D eigenvalue weighted by Crippen LogP contribution is 2.34. The number of ether oxygens (including phenoxy) is 4. The van der Waals surface area contributed by atoms with Gasteiger partial charge in [-0.1, -0.05) is 67.6 Å². The number of hydrogen-bond donors (Lipinski definition) is 0. The van der Waals surface area contributed by atoms with Crippen molar-refractivity contribution in [2.75, 3.05) is 12.9 Å². The fraction of sp³-hybridized carbons (Fsp3) is 0.478. The highest BCUT2D eigenvalue weighted by molar-refractivity contribution is 7.99. The van der Waals surface area contributed by atoms with Gasteiger partial charge in [0.05, 0.1) is 19.3 Å². The molecule has 152 valence electrons. The molecule has 0 N–H and O–H groups in total. The minimum atomic E-state index is -0.207. The largest absolute Gasteiger partial charge is 0.375 e. The minimum Gasteiger partial charge on any atom is -0.375 e. The molecule has 0 saturated carbocycles. The van der Waals surface area contributed by atoms with Gasteiger partial charge < -0.3 is 18.9 Å². The van der Waals surface area contributed by atoms with Gasteiger partial charge in [0.1, 0.15) is 23.7 Å². The fourth-order valence-corrected chi connectivity index (χ4v) is 4.51. The predicted molar refractivity (Wildman–Crippen MR) is 113 cm³/mol. The van der Waals surface area contributed by atoms with Crippen LogP contribution in [0, 0.1) is 0 Å². The van der Waals surface area contributed by atoms with E-state index < -0.39 is 0 Å². The smallest absolute Gasteiger partial charge is 0.132 e. The van der Waals surface area contributed by atoms with E-state index in [0.717, 1.165) is 16.9 Å². The zero-order chi connectivity index (χ0) is 19.8. The molecule has 0 bridgehead atoms.